The number of carbonyl (C=O) groups excluding carboxylic acids is 3. The molecule has 1 aliphatic rings. The number of thiophene rings is 2. The number of nitrogens with one attached hydrogen (secondary N) is 1. The lowest BCUT2D eigenvalue weighted by Crippen LogP contribution is -2.30. The molecule has 2 aromatic rings. The van der Waals surface area contributed by atoms with Gasteiger partial charge in [-0.2, -0.15) is 0 Å². The van der Waals surface area contributed by atoms with E-state index in [1.54, 1.807) is 5.38 Å². The van der Waals surface area contributed by atoms with Crippen LogP contribution in [0.15, 0.2) is 17.5 Å². The number of hydrogen-bond acceptors (Lipinski definition) is 6. The van der Waals surface area contributed by atoms with Gasteiger partial charge in [0.2, 0.25) is 0 Å². The summed E-state index contributed by atoms with van der Waals surface area (Å²) in [5, 5.41) is 4.60. The van der Waals surface area contributed by atoms with E-state index >= 15 is 0 Å². The monoisotopic (exact) mass is 392 g/mol. The number of primary amides is 1. The van der Waals surface area contributed by atoms with Crippen LogP contribution in [0, 0.1) is 5.92 Å². The first-order valence-corrected chi connectivity index (χ1v) is 10.1. The average Bonchev–Trinajstić information content (AvgIpc) is 3.20. The SMILES string of the molecule is C[C@@H]1CCc2sc(C(=O)O[C@H](C)C(=O)Nc3sccc3C(N)=O)cc2C1. The molecule has 8 heteroatoms. The fourth-order valence-corrected chi connectivity index (χ4v) is 4.78. The van der Waals surface area contributed by atoms with Gasteiger partial charge in [0, 0.05) is 4.88 Å². The molecule has 0 radical (unpaired) electrons. The molecule has 2 amide bonds. The van der Waals surface area contributed by atoms with Crippen LogP contribution in [0.1, 0.15) is 50.7 Å². The third-order valence-corrected chi connectivity index (χ3v) is 6.40. The molecule has 0 unspecified atom stereocenters. The molecule has 2 aromatic heterocycles. The van der Waals surface area contributed by atoms with Crippen LogP contribution in [0.2, 0.25) is 0 Å². The van der Waals surface area contributed by atoms with Crippen LogP contribution in [0.5, 0.6) is 0 Å². The largest absolute Gasteiger partial charge is 0.448 e. The predicted octanol–water partition coefficient (Wildman–Crippen LogP) is 3.22. The minimum atomic E-state index is -0.983. The molecular formula is C18H20N2O4S2. The number of carbonyl (C=O) groups is 3. The lowest BCUT2D eigenvalue weighted by atomic mass is 9.90. The fourth-order valence-electron chi connectivity index (χ4n) is 2.89. The highest BCUT2D eigenvalue weighted by atomic mass is 32.1. The maximum Gasteiger partial charge on any atom is 0.349 e. The highest BCUT2D eigenvalue weighted by Crippen LogP contribution is 2.32. The number of amides is 2. The van der Waals surface area contributed by atoms with E-state index in [0.717, 1.165) is 19.3 Å². The van der Waals surface area contributed by atoms with Gasteiger partial charge in [0.1, 0.15) is 9.88 Å². The normalized spacial score (nSPS) is 17.2. The van der Waals surface area contributed by atoms with Gasteiger partial charge in [0.25, 0.3) is 11.8 Å². The number of hydrogen-bond donors (Lipinski definition) is 2. The highest BCUT2D eigenvalue weighted by Gasteiger charge is 2.25. The Hall–Kier alpha value is -2.19. The van der Waals surface area contributed by atoms with Crippen molar-refractivity contribution in [3.05, 3.63) is 38.4 Å². The molecule has 0 fully saturated rings. The Morgan fingerprint density at radius 1 is 1.38 bits per heavy atom. The molecule has 2 atom stereocenters. The Balaban J connectivity index is 1.63. The van der Waals surface area contributed by atoms with Crippen LogP contribution in [-0.4, -0.2) is 23.9 Å². The predicted molar refractivity (Wildman–Crippen MR) is 102 cm³/mol. The van der Waals surface area contributed by atoms with Crippen LogP contribution in [0.3, 0.4) is 0 Å². The summed E-state index contributed by atoms with van der Waals surface area (Å²) >= 11 is 2.63. The first kappa shape index (κ1) is 18.6. The lowest BCUT2D eigenvalue weighted by Gasteiger charge is -2.16. The topological polar surface area (TPSA) is 98.5 Å². The maximum absolute atomic E-state index is 12.4. The lowest BCUT2D eigenvalue weighted by molar-refractivity contribution is -0.123. The molecule has 0 bridgehead atoms. The number of nitrogens with two attached hydrogens (primary N) is 1. The minimum Gasteiger partial charge on any atom is -0.448 e. The summed E-state index contributed by atoms with van der Waals surface area (Å²) in [5.74, 6) is -1.00. The van der Waals surface area contributed by atoms with Crippen molar-refractivity contribution in [3.63, 3.8) is 0 Å². The molecule has 0 aromatic carbocycles. The van der Waals surface area contributed by atoms with E-state index in [2.05, 4.69) is 12.2 Å². The second-order valence-corrected chi connectivity index (χ2v) is 8.52. The van der Waals surface area contributed by atoms with Gasteiger partial charge in [-0.15, -0.1) is 22.7 Å². The Kier molecular flexibility index (Phi) is 5.43. The highest BCUT2D eigenvalue weighted by molar-refractivity contribution is 7.15. The van der Waals surface area contributed by atoms with E-state index in [-0.39, 0.29) is 5.56 Å². The van der Waals surface area contributed by atoms with Crippen molar-refractivity contribution in [3.8, 4) is 0 Å². The summed E-state index contributed by atoms with van der Waals surface area (Å²) in [6.07, 6.45) is 2.11. The quantitative estimate of drug-likeness (QED) is 0.763. The molecule has 2 heterocycles. The van der Waals surface area contributed by atoms with Crippen molar-refractivity contribution in [2.24, 2.45) is 11.7 Å². The number of anilines is 1. The number of fused-ring (bicyclic) bond motifs is 1. The third-order valence-electron chi connectivity index (χ3n) is 4.35. The summed E-state index contributed by atoms with van der Waals surface area (Å²) in [6.45, 7) is 3.70. The Morgan fingerprint density at radius 3 is 2.88 bits per heavy atom. The fraction of sp³-hybridized carbons (Fsp3) is 0.389. The van der Waals surface area contributed by atoms with Crippen molar-refractivity contribution in [2.75, 3.05) is 5.32 Å². The second-order valence-electron chi connectivity index (χ2n) is 6.47. The van der Waals surface area contributed by atoms with Crippen molar-refractivity contribution in [2.45, 2.75) is 39.2 Å². The molecule has 6 nitrogen and oxygen atoms in total. The summed E-state index contributed by atoms with van der Waals surface area (Å²) in [5.41, 5.74) is 6.71. The molecule has 0 aliphatic heterocycles. The minimum absolute atomic E-state index is 0.238. The van der Waals surface area contributed by atoms with Crippen LogP contribution in [-0.2, 0) is 22.4 Å². The Labute approximate surface area is 159 Å². The van der Waals surface area contributed by atoms with E-state index in [1.165, 1.54) is 46.1 Å². The van der Waals surface area contributed by atoms with Gasteiger partial charge in [0.15, 0.2) is 6.10 Å². The zero-order valence-electron chi connectivity index (χ0n) is 14.5. The van der Waals surface area contributed by atoms with Gasteiger partial charge in [-0.05, 0) is 55.2 Å². The number of aryl methyl sites for hydroxylation is 1. The van der Waals surface area contributed by atoms with Crippen molar-refractivity contribution >= 4 is 45.5 Å². The Bertz CT molecular complexity index is 855. The molecule has 1 aliphatic carbocycles. The second kappa shape index (κ2) is 7.59. The summed E-state index contributed by atoms with van der Waals surface area (Å²) in [7, 11) is 0. The van der Waals surface area contributed by atoms with Gasteiger partial charge >= 0.3 is 5.97 Å². The van der Waals surface area contributed by atoms with Crippen molar-refractivity contribution < 1.29 is 19.1 Å². The zero-order valence-corrected chi connectivity index (χ0v) is 16.2. The van der Waals surface area contributed by atoms with Crippen LogP contribution in [0.25, 0.3) is 0 Å². The van der Waals surface area contributed by atoms with Gasteiger partial charge < -0.3 is 15.8 Å². The molecule has 0 spiro atoms. The first-order valence-electron chi connectivity index (χ1n) is 8.36. The van der Waals surface area contributed by atoms with E-state index in [0.29, 0.717) is 15.8 Å². The molecular weight excluding hydrogens is 372 g/mol. The van der Waals surface area contributed by atoms with Crippen molar-refractivity contribution in [1.82, 2.24) is 0 Å². The van der Waals surface area contributed by atoms with Crippen LogP contribution < -0.4 is 11.1 Å². The summed E-state index contributed by atoms with van der Waals surface area (Å²) in [4.78, 5) is 37.7. The molecule has 26 heavy (non-hydrogen) atoms. The van der Waals surface area contributed by atoms with E-state index < -0.39 is 23.9 Å². The molecule has 3 rings (SSSR count). The zero-order chi connectivity index (χ0) is 18.8. The molecule has 0 saturated heterocycles. The summed E-state index contributed by atoms with van der Waals surface area (Å²) < 4.78 is 5.30. The number of esters is 1. The molecule has 3 N–H and O–H groups in total. The molecule has 138 valence electrons. The van der Waals surface area contributed by atoms with E-state index in [4.69, 9.17) is 10.5 Å². The maximum atomic E-state index is 12.4. The number of rotatable bonds is 5. The van der Waals surface area contributed by atoms with Gasteiger partial charge in [-0.25, -0.2) is 4.79 Å². The van der Waals surface area contributed by atoms with Crippen LogP contribution in [0.4, 0.5) is 5.00 Å². The van der Waals surface area contributed by atoms with Gasteiger partial charge in [-0.1, -0.05) is 6.92 Å². The van der Waals surface area contributed by atoms with E-state index in [9.17, 15) is 14.4 Å². The van der Waals surface area contributed by atoms with Gasteiger partial charge in [-0.3, -0.25) is 9.59 Å². The van der Waals surface area contributed by atoms with Crippen molar-refractivity contribution in [1.29, 1.82) is 0 Å². The standard InChI is InChI=1S/C18H20N2O4S2/c1-9-3-4-13-11(7-9)8-14(26-13)18(23)24-10(2)16(22)20-17-12(15(19)21)5-6-25-17/h5-6,8-10H,3-4,7H2,1-2H3,(H2,19,21)(H,20,22)/t9-,10-/m1/s1. The summed E-state index contributed by atoms with van der Waals surface area (Å²) in [6, 6.07) is 3.42. The third kappa shape index (κ3) is 3.96. The van der Waals surface area contributed by atoms with E-state index in [1.807, 2.05) is 6.07 Å². The average molecular weight is 393 g/mol. The Morgan fingerprint density at radius 2 is 2.15 bits per heavy atom. The number of ether oxygens (including phenoxy) is 1. The van der Waals surface area contributed by atoms with Crippen LogP contribution >= 0.6 is 22.7 Å². The first-order chi connectivity index (χ1) is 12.3. The smallest absolute Gasteiger partial charge is 0.349 e. The molecule has 0 saturated carbocycles. The van der Waals surface area contributed by atoms with Gasteiger partial charge in [0.05, 0.1) is 5.56 Å².